The zero-order valence-corrected chi connectivity index (χ0v) is 16.0. The number of phenols is 2. The van der Waals surface area contributed by atoms with Crippen LogP contribution < -0.4 is 5.32 Å². The maximum Gasteiger partial charge on any atom is 0.416 e. The molecule has 0 radical (unpaired) electrons. The van der Waals surface area contributed by atoms with Gasteiger partial charge in [0.1, 0.15) is 0 Å². The SMILES string of the molecule is CC(Cc1ccc(O)c(O)c1)C(=O)Nc1nc(-c2ccc(C(F)(F)F)cc2)cs1. The first kappa shape index (κ1) is 20.7. The molecule has 5 nitrogen and oxygen atoms in total. The lowest BCUT2D eigenvalue weighted by atomic mass is 10.00. The third kappa shape index (κ3) is 5.05. The molecule has 3 rings (SSSR count). The Labute approximate surface area is 168 Å². The van der Waals surface area contributed by atoms with Gasteiger partial charge in [0.25, 0.3) is 0 Å². The summed E-state index contributed by atoms with van der Waals surface area (Å²) in [5.41, 5.74) is 0.934. The van der Waals surface area contributed by atoms with Crippen LogP contribution in [0.25, 0.3) is 11.3 Å². The fourth-order valence-electron chi connectivity index (χ4n) is 2.66. The Kier molecular flexibility index (Phi) is 5.78. The van der Waals surface area contributed by atoms with Gasteiger partial charge < -0.3 is 15.5 Å². The summed E-state index contributed by atoms with van der Waals surface area (Å²) in [5, 5.41) is 23.6. The summed E-state index contributed by atoms with van der Waals surface area (Å²) in [7, 11) is 0. The van der Waals surface area contributed by atoms with E-state index in [4.69, 9.17) is 0 Å². The molecule has 1 amide bonds. The number of thiazole rings is 1. The number of nitrogens with zero attached hydrogens (tertiary/aromatic N) is 1. The molecule has 3 aromatic rings. The number of aromatic hydroxyl groups is 2. The van der Waals surface area contributed by atoms with Gasteiger partial charge in [-0.25, -0.2) is 4.98 Å². The Morgan fingerprint density at radius 2 is 1.83 bits per heavy atom. The van der Waals surface area contributed by atoms with Crippen LogP contribution in [0.3, 0.4) is 0 Å². The van der Waals surface area contributed by atoms with Crippen LogP contribution >= 0.6 is 11.3 Å². The predicted octanol–water partition coefficient (Wildman–Crippen LogP) is 5.06. The molecule has 0 saturated heterocycles. The van der Waals surface area contributed by atoms with Crippen LogP contribution in [-0.4, -0.2) is 21.1 Å². The van der Waals surface area contributed by atoms with Crippen LogP contribution in [0.4, 0.5) is 18.3 Å². The minimum absolute atomic E-state index is 0.232. The lowest BCUT2D eigenvalue weighted by Crippen LogP contribution is -2.22. The van der Waals surface area contributed by atoms with Gasteiger partial charge in [0.15, 0.2) is 16.6 Å². The Morgan fingerprint density at radius 1 is 1.14 bits per heavy atom. The molecule has 9 heteroatoms. The Bertz CT molecular complexity index is 1020. The van der Waals surface area contributed by atoms with E-state index < -0.39 is 17.7 Å². The number of nitrogens with one attached hydrogen (secondary N) is 1. The molecule has 29 heavy (non-hydrogen) atoms. The summed E-state index contributed by atoms with van der Waals surface area (Å²) in [4.78, 5) is 16.6. The molecular formula is C20H17F3N2O3S. The highest BCUT2D eigenvalue weighted by molar-refractivity contribution is 7.14. The molecule has 0 spiro atoms. The largest absolute Gasteiger partial charge is 0.504 e. The van der Waals surface area contributed by atoms with Gasteiger partial charge in [-0.2, -0.15) is 13.2 Å². The van der Waals surface area contributed by atoms with Gasteiger partial charge in [-0.3, -0.25) is 4.79 Å². The van der Waals surface area contributed by atoms with Crippen LogP contribution in [0.5, 0.6) is 11.5 Å². The average molecular weight is 422 g/mol. The number of amides is 1. The van der Waals surface area contributed by atoms with Crippen LogP contribution in [0.15, 0.2) is 47.8 Å². The van der Waals surface area contributed by atoms with Crippen LogP contribution in [-0.2, 0) is 17.4 Å². The van der Waals surface area contributed by atoms with Crippen molar-refractivity contribution in [2.45, 2.75) is 19.5 Å². The molecular weight excluding hydrogens is 405 g/mol. The van der Waals surface area contributed by atoms with Crippen molar-refractivity contribution in [1.29, 1.82) is 0 Å². The fraction of sp³-hybridized carbons (Fsp3) is 0.200. The van der Waals surface area contributed by atoms with Gasteiger partial charge >= 0.3 is 6.18 Å². The maximum absolute atomic E-state index is 12.7. The molecule has 0 fully saturated rings. The standard InChI is InChI=1S/C20H17F3N2O3S/c1-11(8-12-2-7-16(26)17(27)9-12)18(28)25-19-24-15(10-29-19)13-3-5-14(6-4-13)20(21,22)23/h2-7,9-11,26-27H,8H2,1H3,(H,24,25,28). The summed E-state index contributed by atoms with van der Waals surface area (Å²) in [6.45, 7) is 1.71. The highest BCUT2D eigenvalue weighted by Gasteiger charge is 2.30. The Hall–Kier alpha value is -3.07. The summed E-state index contributed by atoms with van der Waals surface area (Å²) in [5.74, 6) is -1.20. The van der Waals surface area contributed by atoms with E-state index in [1.165, 1.54) is 35.6 Å². The van der Waals surface area contributed by atoms with Gasteiger partial charge in [0.2, 0.25) is 5.91 Å². The van der Waals surface area contributed by atoms with Crippen molar-refractivity contribution in [2.24, 2.45) is 5.92 Å². The molecule has 1 atom stereocenters. The highest BCUT2D eigenvalue weighted by Crippen LogP contribution is 2.32. The van der Waals surface area contributed by atoms with Crippen molar-refractivity contribution in [3.63, 3.8) is 0 Å². The lowest BCUT2D eigenvalue weighted by molar-refractivity contribution is -0.137. The normalized spacial score (nSPS) is 12.6. The number of benzene rings is 2. The first-order valence-electron chi connectivity index (χ1n) is 8.58. The minimum Gasteiger partial charge on any atom is -0.504 e. The highest BCUT2D eigenvalue weighted by atomic mass is 32.1. The van der Waals surface area contributed by atoms with E-state index in [1.54, 1.807) is 18.4 Å². The average Bonchev–Trinajstić information content (AvgIpc) is 3.12. The van der Waals surface area contributed by atoms with Gasteiger partial charge in [-0.05, 0) is 36.2 Å². The number of hydrogen-bond acceptors (Lipinski definition) is 5. The molecule has 0 aliphatic rings. The number of halogens is 3. The van der Waals surface area contributed by atoms with E-state index in [-0.39, 0.29) is 17.4 Å². The number of alkyl halides is 3. The molecule has 1 heterocycles. The van der Waals surface area contributed by atoms with Crippen molar-refractivity contribution in [3.05, 3.63) is 59.0 Å². The molecule has 0 aliphatic carbocycles. The second kappa shape index (κ2) is 8.12. The van der Waals surface area contributed by atoms with E-state index >= 15 is 0 Å². The summed E-state index contributed by atoms with van der Waals surface area (Å²) >= 11 is 1.17. The first-order valence-corrected chi connectivity index (χ1v) is 9.46. The van der Waals surface area contributed by atoms with E-state index in [9.17, 15) is 28.2 Å². The van der Waals surface area contributed by atoms with E-state index in [0.717, 1.165) is 12.1 Å². The van der Waals surface area contributed by atoms with Crippen molar-refractivity contribution in [3.8, 4) is 22.8 Å². The van der Waals surface area contributed by atoms with E-state index in [0.29, 0.717) is 28.4 Å². The molecule has 152 valence electrons. The molecule has 0 aliphatic heterocycles. The molecule has 1 unspecified atom stereocenters. The number of anilines is 1. The summed E-state index contributed by atoms with van der Waals surface area (Å²) in [6, 6.07) is 9.01. The van der Waals surface area contributed by atoms with Gasteiger partial charge in [0.05, 0.1) is 11.3 Å². The third-order valence-corrected chi connectivity index (χ3v) is 5.03. The summed E-state index contributed by atoms with van der Waals surface area (Å²) in [6.07, 6.45) is -4.05. The minimum atomic E-state index is -4.40. The summed E-state index contributed by atoms with van der Waals surface area (Å²) < 4.78 is 38.0. The number of rotatable bonds is 5. The Balaban J connectivity index is 1.64. The van der Waals surface area contributed by atoms with Crippen molar-refractivity contribution in [2.75, 3.05) is 5.32 Å². The van der Waals surface area contributed by atoms with Crippen LogP contribution in [0, 0.1) is 5.92 Å². The maximum atomic E-state index is 12.7. The predicted molar refractivity (Wildman–Crippen MR) is 104 cm³/mol. The molecule has 3 N–H and O–H groups in total. The van der Waals surface area contributed by atoms with E-state index in [1.807, 2.05) is 0 Å². The number of phenolic OH excluding ortho intramolecular Hbond substituents is 2. The Morgan fingerprint density at radius 3 is 2.45 bits per heavy atom. The number of hydrogen-bond donors (Lipinski definition) is 3. The topological polar surface area (TPSA) is 82.5 Å². The second-order valence-corrected chi connectivity index (χ2v) is 7.39. The zero-order chi connectivity index (χ0) is 21.2. The quantitative estimate of drug-likeness (QED) is 0.502. The van der Waals surface area contributed by atoms with Crippen molar-refractivity contribution < 1.29 is 28.2 Å². The number of carbonyl (C=O) groups is 1. The first-order chi connectivity index (χ1) is 13.6. The van der Waals surface area contributed by atoms with Gasteiger partial charge in [-0.1, -0.05) is 25.1 Å². The smallest absolute Gasteiger partial charge is 0.416 e. The second-order valence-electron chi connectivity index (χ2n) is 6.53. The lowest BCUT2D eigenvalue weighted by Gasteiger charge is -2.11. The fourth-order valence-corrected chi connectivity index (χ4v) is 3.39. The van der Waals surface area contributed by atoms with Crippen molar-refractivity contribution >= 4 is 22.4 Å². The van der Waals surface area contributed by atoms with Crippen LogP contribution in [0.2, 0.25) is 0 Å². The zero-order valence-electron chi connectivity index (χ0n) is 15.2. The number of aromatic nitrogens is 1. The monoisotopic (exact) mass is 422 g/mol. The molecule has 0 bridgehead atoms. The molecule has 0 saturated carbocycles. The van der Waals surface area contributed by atoms with Crippen molar-refractivity contribution in [1.82, 2.24) is 4.98 Å². The van der Waals surface area contributed by atoms with Gasteiger partial charge in [0, 0.05) is 16.9 Å². The number of carbonyl (C=O) groups excluding carboxylic acids is 1. The van der Waals surface area contributed by atoms with Crippen LogP contribution in [0.1, 0.15) is 18.1 Å². The third-order valence-electron chi connectivity index (χ3n) is 4.27. The van der Waals surface area contributed by atoms with Gasteiger partial charge in [-0.15, -0.1) is 11.3 Å². The molecule has 2 aromatic carbocycles. The van der Waals surface area contributed by atoms with E-state index in [2.05, 4.69) is 10.3 Å². The molecule has 1 aromatic heterocycles.